The third-order valence-electron chi connectivity index (χ3n) is 5.37. The summed E-state index contributed by atoms with van der Waals surface area (Å²) >= 11 is 0. The number of rotatable bonds is 3. The van der Waals surface area contributed by atoms with Crippen molar-refractivity contribution in [2.75, 3.05) is 5.73 Å². The summed E-state index contributed by atoms with van der Waals surface area (Å²) < 4.78 is 43.0. The Morgan fingerprint density at radius 3 is 2.35 bits per heavy atom. The predicted molar refractivity (Wildman–Crippen MR) is 119 cm³/mol. The number of aromatic nitrogens is 4. The molecule has 0 radical (unpaired) electrons. The maximum absolute atomic E-state index is 13.2. The van der Waals surface area contributed by atoms with E-state index in [4.69, 9.17) is 11.0 Å². The largest absolute Gasteiger partial charge is 0.416 e. The Kier molecular flexibility index (Phi) is 5.37. The molecular weight excluding hydrogens is 449 g/mol. The molecule has 2 N–H and O–H groups in total. The van der Waals surface area contributed by atoms with Gasteiger partial charge < -0.3 is 5.73 Å². The lowest BCUT2D eigenvalue weighted by molar-refractivity contribution is -0.137. The summed E-state index contributed by atoms with van der Waals surface area (Å²) in [7, 11) is 1.23. The molecule has 2 aromatic heterocycles. The van der Waals surface area contributed by atoms with Crippen LogP contribution in [0.4, 0.5) is 18.9 Å². The highest BCUT2D eigenvalue weighted by molar-refractivity contribution is 5.74. The quantitative estimate of drug-likeness (QED) is 0.499. The van der Waals surface area contributed by atoms with E-state index in [9.17, 15) is 22.8 Å². The van der Waals surface area contributed by atoms with Gasteiger partial charge in [0.15, 0.2) is 0 Å². The van der Waals surface area contributed by atoms with Gasteiger partial charge in [-0.3, -0.25) is 13.9 Å². The SMILES string of the molecule is Cc1c(-c2nn(-c3ccc(C#N)cc3)cc2N)c(=O)n(C)c(=O)n1-c1cccc(C(F)(F)F)c1. The van der Waals surface area contributed by atoms with Gasteiger partial charge in [0, 0.05) is 12.7 Å². The van der Waals surface area contributed by atoms with Gasteiger partial charge in [0.1, 0.15) is 5.69 Å². The number of nitriles is 1. The Morgan fingerprint density at radius 2 is 1.74 bits per heavy atom. The molecule has 2 heterocycles. The lowest BCUT2D eigenvalue weighted by Gasteiger charge is -2.16. The van der Waals surface area contributed by atoms with E-state index in [1.54, 1.807) is 24.3 Å². The molecule has 0 spiro atoms. The highest BCUT2D eigenvalue weighted by atomic mass is 19.4. The fourth-order valence-corrected chi connectivity index (χ4v) is 3.62. The van der Waals surface area contributed by atoms with Crippen LogP contribution in [-0.2, 0) is 13.2 Å². The van der Waals surface area contributed by atoms with E-state index in [1.165, 1.54) is 37.0 Å². The van der Waals surface area contributed by atoms with Crippen molar-refractivity contribution in [3.63, 3.8) is 0 Å². The minimum absolute atomic E-state index is 0.0237. The molecule has 34 heavy (non-hydrogen) atoms. The highest BCUT2D eigenvalue weighted by Crippen LogP contribution is 2.31. The molecule has 0 aliphatic rings. The van der Waals surface area contributed by atoms with Gasteiger partial charge in [0.05, 0.1) is 46.0 Å². The molecule has 4 aromatic rings. The van der Waals surface area contributed by atoms with Crippen molar-refractivity contribution >= 4 is 5.69 Å². The Hall–Kier alpha value is -4.59. The number of hydrogen-bond donors (Lipinski definition) is 1. The zero-order valence-corrected chi connectivity index (χ0v) is 18.0. The van der Waals surface area contributed by atoms with Crippen molar-refractivity contribution in [1.29, 1.82) is 5.26 Å². The molecule has 11 heteroatoms. The topological polar surface area (TPSA) is 112 Å². The third-order valence-corrected chi connectivity index (χ3v) is 5.37. The molecule has 0 atom stereocenters. The van der Waals surface area contributed by atoms with Crippen molar-refractivity contribution in [3.05, 3.63) is 92.4 Å². The number of anilines is 1. The minimum atomic E-state index is -4.61. The number of hydrogen-bond acceptors (Lipinski definition) is 5. The molecule has 0 aliphatic carbocycles. The minimum Gasteiger partial charge on any atom is -0.396 e. The van der Waals surface area contributed by atoms with Gasteiger partial charge in [-0.25, -0.2) is 9.48 Å². The number of nitrogens with two attached hydrogens (primary N) is 1. The molecule has 2 aromatic carbocycles. The van der Waals surface area contributed by atoms with Gasteiger partial charge in [-0.05, 0) is 49.4 Å². The summed E-state index contributed by atoms with van der Waals surface area (Å²) in [5, 5.41) is 13.4. The van der Waals surface area contributed by atoms with Crippen LogP contribution in [0.15, 0.2) is 64.3 Å². The van der Waals surface area contributed by atoms with Crippen molar-refractivity contribution in [3.8, 4) is 28.7 Å². The summed E-state index contributed by atoms with van der Waals surface area (Å²) in [6.45, 7) is 1.44. The lowest BCUT2D eigenvalue weighted by atomic mass is 10.1. The average molecular weight is 466 g/mol. The third kappa shape index (κ3) is 3.75. The summed E-state index contributed by atoms with van der Waals surface area (Å²) in [4.78, 5) is 25.9. The van der Waals surface area contributed by atoms with Crippen LogP contribution in [0.3, 0.4) is 0 Å². The fraction of sp³-hybridized carbons (Fsp3) is 0.130. The maximum atomic E-state index is 13.2. The van der Waals surface area contributed by atoms with Crippen LogP contribution in [0.5, 0.6) is 0 Å². The molecule has 0 unspecified atom stereocenters. The molecule has 0 saturated heterocycles. The van der Waals surface area contributed by atoms with Crippen LogP contribution in [0.1, 0.15) is 16.8 Å². The van der Waals surface area contributed by atoms with E-state index in [0.29, 0.717) is 11.3 Å². The number of nitrogen functional groups attached to an aromatic ring is 1. The van der Waals surface area contributed by atoms with Gasteiger partial charge in [0.2, 0.25) is 0 Å². The molecule has 0 fully saturated rings. The monoisotopic (exact) mass is 466 g/mol. The maximum Gasteiger partial charge on any atom is 0.416 e. The van der Waals surface area contributed by atoms with E-state index < -0.39 is 23.0 Å². The van der Waals surface area contributed by atoms with Gasteiger partial charge in [-0.1, -0.05) is 6.07 Å². The number of alkyl halides is 3. The first kappa shape index (κ1) is 22.6. The van der Waals surface area contributed by atoms with Crippen LogP contribution in [0, 0.1) is 18.3 Å². The van der Waals surface area contributed by atoms with E-state index in [1.807, 2.05) is 6.07 Å². The van der Waals surface area contributed by atoms with Crippen LogP contribution in [0.2, 0.25) is 0 Å². The van der Waals surface area contributed by atoms with Crippen LogP contribution >= 0.6 is 0 Å². The fourth-order valence-electron chi connectivity index (χ4n) is 3.62. The average Bonchev–Trinajstić information content (AvgIpc) is 3.18. The van der Waals surface area contributed by atoms with E-state index in [0.717, 1.165) is 21.3 Å². The molecule has 8 nitrogen and oxygen atoms in total. The van der Waals surface area contributed by atoms with Crippen molar-refractivity contribution in [1.82, 2.24) is 18.9 Å². The summed E-state index contributed by atoms with van der Waals surface area (Å²) in [6, 6.07) is 12.7. The summed E-state index contributed by atoms with van der Waals surface area (Å²) in [6.07, 6.45) is -3.14. The molecule has 0 amide bonds. The van der Waals surface area contributed by atoms with Crippen molar-refractivity contribution < 1.29 is 13.2 Å². The Balaban J connectivity index is 1.94. The summed E-state index contributed by atoms with van der Waals surface area (Å²) in [5.74, 6) is 0. The lowest BCUT2D eigenvalue weighted by Crippen LogP contribution is -2.39. The second-order valence-electron chi connectivity index (χ2n) is 7.53. The Morgan fingerprint density at radius 1 is 1.06 bits per heavy atom. The van der Waals surface area contributed by atoms with E-state index >= 15 is 0 Å². The van der Waals surface area contributed by atoms with E-state index in [2.05, 4.69) is 5.10 Å². The van der Waals surface area contributed by atoms with Gasteiger partial charge in [0.25, 0.3) is 5.56 Å². The molecule has 0 bridgehead atoms. The first-order chi connectivity index (χ1) is 16.0. The standard InChI is InChI=1S/C23H17F3N6O2/c1-13-19(20-18(28)12-31(29-20)16-8-6-14(11-27)7-9-16)21(33)30(2)22(34)32(13)17-5-3-4-15(10-17)23(24,25)26/h3-10,12H,28H2,1-2H3. The first-order valence-electron chi connectivity index (χ1n) is 9.89. The van der Waals surface area contributed by atoms with Crippen molar-refractivity contribution in [2.45, 2.75) is 13.1 Å². The second-order valence-corrected chi connectivity index (χ2v) is 7.53. The number of halogens is 3. The van der Waals surface area contributed by atoms with Crippen LogP contribution < -0.4 is 17.0 Å². The smallest absolute Gasteiger partial charge is 0.396 e. The second kappa shape index (κ2) is 8.08. The molecule has 172 valence electrons. The summed E-state index contributed by atoms with van der Waals surface area (Å²) in [5.41, 5.74) is 4.92. The normalized spacial score (nSPS) is 11.4. The molecule has 0 aliphatic heterocycles. The van der Waals surface area contributed by atoms with E-state index in [-0.39, 0.29) is 28.3 Å². The van der Waals surface area contributed by atoms with Gasteiger partial charge in [-0.15, -0.1) is 0 Å². The highest BCUT2D eigenvalue weighted by Gasteiger charge is 2.31. The predicted octanol–water partition coefficient (Wildman–Crippen LogP) is 3.17. The Labute approximate surface area is 190 Å². The van der Waals surface area contributed by atoms with Crippen LogP contribution in [-0.4, -0.2) is 18.9 Å². The Bertz CT molecular complexity index is 1570. The zero-order valence-electron chi connectivity index (χ0n) is 18.0. The number of nitrogens with zero attached hydrogens (tertiary/aromatic N) is 5. The van der Waals surface area contributed by atoms with Crippen LogP contribution in [0.25, 0.3) is 22.6 Å². The molecule has 4 rings (SSSR count). The zero-order chi connectivity index (χ0) is 24.8. The number of benzene rings is 2. The van der Waals surface area contributed by atoms with Gasteiger partial charge in [-0.2, -0.15) is 23.5 Å². The first-order valence-corrected chi connectivity index (χ1v) is 9.89. The molecule has 0 saturated carbocycles. The molecular formula is C23H17F3N6O2. The van der Waals surface area contributed by atoms with Gasteiger partial charge >= 0.3 is 11.9 Å². The van der Waals surface area contributed by atoms with Crippen molar-refractivity contribution in [2.24, 2.45) is 7.05 Å².